The molecular weight excluding hydrogens is 250 g/mol. The SMILES string of the molecule is CCC(C)C(C)NCC(O)COc1cc(C)cc(C)c1. The van der Waals surface area contributed by atoms with E-state index in [2.05, 4.69) is 32.2 Å². The number of hydrogen-bond donors (Lipinski definition) is 2. The largest absolute Gasteiger partial charge is 0.491 e. The monoisotopic (exact) mass is 279 g/mol. The van der Waals surface area contributed by atoms with Crippen LogP contribution < -0.4 is 10.1 Å². The normalized spacial score (nSPS) is 15.7. The Morgan fingerprint density at radius 3 is 2.30 bits per heavy atom. The Kier molecular flexibility index (Phi) is 7.03. The van der Waals surface area contributed by atoms with Gasteiger partial charge in [-0.3, -0.25) is 0 Å². The third kappa shape index (κ3) is 5.93. The van der Waals surface area contributed by atoms with Gasteiger partial charge in [0.1, 0.15) is 18.5 Å². The Hall–Kier alpha value is -1.06. The van der Waals surface area contributed by atoms with Gasteiger partial charge in [-0.25, -0.2) is 0 Å². The topological polar surface area (TPSA) is 41.5 Å². The Morgan fingerprint density at radius 1 is 1.15 bits per heavy atom. The maximum absolute atomic E-state index is 9.96. The van der Waals surface area contributed by atoms with Crippen molar-refractivity contribution in [3.8, 4) is 5.75 Å². The molecule has 0 heterocycles. The second-order valence-electron chi connectivity index (χ2n) is 5.87. The first-order valence-corrected chi connectivity index (χ1v) is 7.55. The van der Waals surface area contributed by atoms with Crippen molar-refractivity contribution in [3.63, 3.8) is 0 Å². The number of nitrogens with one attached hydrogen (secondary N) is 1. The van der Waals surface area contributed by atoms with E-state index in [1.54, 1.807) is 0 Å². The van der Waals surface area contributed by atoms with E-state index in [9.17, 15) is 5.11 Å². The van der Waals surface area contributed by atoms with Crippen LogP contribution in [-0.2, 0) is 0 Å². The van der Waals surface area contributed by atoms with Gasteiger partial charge in [-0.15, -0.1) is 0 Å². The number of aliphatic hydroxyl groups is 1. The molecule has 3 unspecified atom stereocenters. The first-order valence-electron chi connectivity index (χ1n) is 7.55. The Bertz CT molecular complexity index is 386. The van der Waals surface area contributed by atoms with Crippen LogP contribution in [0.25, 0.3) is 0 Å². The van der Waals surface area contributed by atoms with E-state index in [0.29, 0.717) is 25.1 Å². The molecule has 1 aromatic rings. The average molecular weight is 279 g/mol. The summed E-state index contributed by atoms with van der Waals surface area (Å²) in [6.07, 6.45) is 0.658. The molecular formula is C17H29NO2. The van der Waals surface area contributed by atoms with Gasteiger partial charge in [-0.05, 0) is 49.9 Å². The maximum Gasteiger partial charge on any atom is 0.119 e. The molecule has 114 valence electrons. The predicted octanol–water partition coefficient (Wildman–Crippen LogP) is 3.07. The van der Waals surface area contributed by atoms with Crippen molar-refractivity contribution in [3.05, 3.63) is 29.3 Å². The van der Waals surface area contributed by atoms with Crippen molar-refractivity contribution in [1.29, 1.82) is 0 Å². The molecule has 3 heteroatoms. The van der Waals surface area contributed by atoms with Crippen molar-refractivity contribution < 1.29 is 9.84 Å². The van der Waals surface area contributed by atoms with E-state index in [-0.39, 0.29) is 0 Å². The molecule has 0 spiro atoms. The van der Waals surface area contributed by atoms with Crippen LogP contribution in [0, 0.1) is 19.8 Å². The minimum atomic E-state index is -0.484. The van der Waals surface area contributed by atoms with E-state index in [1.165, 1.54) is 11.1 Å². The summed E-state index contributed by atoms with van der Waals surface area (Å²) < 4.78 is 5.66. The van der Waals surface area contributed by atoms with Gasteiger partial charge in [0.2, 0.25) is 0 Å². The molecule has 2 N–H and O–H groups in total. The van der Waals surface area contributed by atoms with Gasteiger partial charge in [0.05, 0.1) is 0 Å². The molecule has 0 radical (unpaired) electrons. The fraction of sp³-hybridized carbons (Fsp3) is 0.647. The highest BCUT2D eigenvalue weighted by Crippen LogP contribution is 2.16. The minimum absolute atomic E-state index is 0.323. The number of aliphatic hydroxyl groups excluding tert-OH is 1. The lowest BCUT2D eigenvalue weighted by atomic mass is 10.0. The van der Waals surface area contributed by atoms with E-state index in [1.807, 2.05) is 26.0 Å². The summed E-state index contributed by atoms with van der Waals surface area (Å²) >= 11 is 0. The van der Waals surface area contributed by atoms with Gasteiger partial charge in [-0.1, -0.05) is 26.3 Å². The number of ether oxygens (including phenoxy) is 1. The summed E-state index contributed by atoms with van der Waals surface area (Å²) in [6.45, 7) is 11.5. The summed E-state index contributed by atoms with van der Waals surface area (Å²) in [5, 5.41) is 13.3. The van der Waals surface area contributed by atoms with Crippen molar-refractivity contribution >= 4 is 0 Å². The van der Waals surface area contributed by atoms with E-state index in [4.69, 9.17) is 4.74 Å². The fourth-order valence-corrected chi connectivity index (χ4v) is 2.14. The van der Waals surface area contributed by atoms with Crippen molar-refractivity contribution in [2.45, 2.75) is 53.2 Å². The van der Waals surface area contributed by atoms with E-state index in [0.717, 1.165) is 12.2 Å². The van der Waals surface area contributed by atoms with Crippen LogP contribution >= 0.6 is 0 Å². The third-order valence-electron chi connectivity index (χ3n) is 3.81. The van der Waals surface area contributed by atoms with Crippen LogP contribution in [0.4, 0.5) is 0 Å². The maximum atomic E-state index is 9.96. The van der Waals surface area contributed by atoms with E-state index < -0.39 is 6.10 Å². The van der Waals surface area contributed by atoms with Gasteiger partial charge in [-0.2, -0.15) is 0 Å². The van der Waals surface area contributed by atoms with E-state index >= 15 is 0 Å². The quantitative estimate of drug-likeness (QED) is 0.768. The molecule has 0 fully saturated rings. The third-order valence-corrected chi connectivity index (χ3v) is 3.81. The van der Waals surface area contributed by atoms with Gasteiger partial charge >= 0.3 is 0 Å². The number of aryl methyl sites for hydroxylation is 2. The molecule has 0 aliphatic carbocycles. The summed E-state index contributed by atoms with van der Waals surface area (Å²) in [4.78, 5) is 0. The Balaban J connectivity index is 2.34. The van der Waals surface area contributed by atoms with Gasteiger partial charge in [0, 0.05) is 12.6 Å². The fourth-order valence-electron chi connectivity index (χ4n) is 2.14. The molecule has 0 bridgehead atoms. The smallest absolute Gasteiger partial charge is 0.119 e. The lowest BCUT2D eigenvalue weighted by molar-refractivity contribution is 0.102. The Labute approximate surface area is 123 Å². The van der Waals surface area contributed by atoms with Crippen LogP contribution in [0.15, 0.2) is 18.2 Å². The molecule has 0 saturated carbocycles. The highest BCUT2D eigenvalue weighted by molar-refractivity contribution is 5.32. The minimum Gasteiger partial charge on any atom is -0.491 e. The molecule has 0 saturated heterocycles. The average Bonchev–Trinajstić information content (AvgIpc) is 2.40. The summed E-state index contributed by atoms with van der Waals surface area (Å²) in [5.74, 6) is 1.44. The lowest BCUT2D eigenvalue weighted by Crippen LogP contribution is -2.39. The highest BCUT2D eigenvalue weighted by atomic mass is 16.5. The van der Waals surface area contributed by atoms with Crippen LogP contribution in [-0.4, -0.2) is 30.4 Å². The van der Waals surface area contributed by atoms with Crippen LogP contribution in [0.5, 0.6) is 5.75 Å². The first-order chi connectivity index (χ1) is 9.42. The summed E-state index contributed by atoms with van der Waals surface area (Å²) in [5.41, 5.74) is 2.36. The second kappa shape index (κ2) is 8.28. The number of hydrogen-bond acceptors (Lipinski definition) is 3. The molecule has 3 atom stereocenters. The first kappa shape index (κ1) is 17.0. The Morgan fingerprint density at radius 2 is 1.75 bits per heavy atom. The number of benzene rings is 1. The molecule has 1 aromatic carbocycles. The zero-order valence-electron chi connectivity index (χ0n) is 13.4. The summed E-state index contributed by atoms with van der Waals surface area (Å²) in [6, 6.07) is 6.51. The highest BCUT2D eigenvalue weighted by Gasteiger charge is 2.12. The molecule has 0 aliphatic rings. The molecule has 0 aliphatic heterocycles. The molecule has 0 amide bonds. The van der Waals surface area contributed by atoms with Crippen molar-refractivity contribution in [2.75, 3.05) is 13.2 Å². The molecule has 20 heavy (non-hydrogen) atoms. The van der Waals surface area contributed by atoms with Crippen LogP contribution in [0.2, 0.25) is 0 Å². The predicted molar refractivity (Wildman–Crippen MR) is 84.3 cm³/mol. The van der Waals surface area contributed by atoms with Crippen molar-refractivity contribution in [1.82, 2.24) is 5.32 Å². The number of rotatable bonds is 8. The van der Waals surface area contributed by atoms with Crippen LogP contribution in [0.1, 0.15) is 38.3 Å². The second-order valence-corrected chi connectivity index (χ2v) is 5.87. The van der Waals surface area contributed by atoms with Gasteiger partial charge in [0.15, 0.2) is 0 Å². The zero-order chi connectivity index (χ0) is 15.1. The lowest BCUT2D eigenvalue weighted by Gasteiger charge is -2.22. The molecule has 0 aromatic heterocycles. The zero-order valence-corrected chi connectivity index (χ0v) is 13.4. The standard InChI is InChI=1S/C17H29NO2/c1-6-14(4)15(5)18-10-16(19)11-20-17-8-12(2)7-13(3)9-17/h7-9,14-16,18-19H,6,10-11H2,1-5H3. The molecule has 1 rings (SSSR count). The van der Waals surface area contributed by atoms with Gasteiger partial charge < -0.3 is 15.2 Å². The molecule has 3 nitrogen and oxygen atoms in total. The van der Waals surface area contributed by atoms with Gasteiger partial charge in [0.25, 0.3) is 0 Å². The van der Waals surface area contributed by atoms with Crippen molar-refractivity contribution in [2.24, 2.45) is 5.92 Å². The summed E-state index contributed by atoms with van der Waals surface area (Å²) in [7, 11) is 0. The van der Waals surface area contributed by atoms with Crippen LogP contribution in [0.3, 0.4) is 0 Å².